The van der Waals surface area contributed by atoms with Crippen LogP contribution in [0, 0.1) is 6.92 Å². The molecule has 0 aliphatic rings. The molecule has 0 amide bonds. The fourth-order valence-electron chi connectivity index (χ4n) is 2.43. The number of methoxy groups -OCH3 is 1. The van der Waals surface area contributed by atoms with Gasteiger partial charge in [0.15, 0.2) is 17.5 Å². The molecule has 0 unspecified atom stereocenters. The quantitative estimate of drug-likeness (QED) is 0.520. The van der Waals surface area contributed by atoms with Crippen molar-refractivity contribution in [3.63, 3.8) is 0 Å². The molecule has 7 heteroatoms. The lowest BCUT2D eigenvalue weighted by molar-refractivity contribution is 0.310. The average molecular weight is 377 g/mol. The maximum Gasteiger partial charge on any atom is 0.191 e. The average Bonchev–Trinajstić information content (AvgIpc) is 3.05. The molecule has 0 spiro atoms. The minimum Gasteiger partial charge on any atom is -0.493 e. The normalized spacial score (nSPS) is 11.3. The molecule has 0 bridgehead atoms. The minimum absolute atomic E-state index is 0.565. The number of ether oxygens (including phenoxy) is 2. The van der Waals surface area contributed by atoms with Crippen molar-refractivity contribution in [2.45, 2.75) is 33.7 Å². The molecule has 1 heterocycles. The van der Waals surface area contributed by atoms with E-state index in [9.17, 15) is 0 Å². The van der Waals surface area contributed by atoms with Gasteiger partial charge in [-0.3, -0.25) is 0 Å². The van der Waals surface area contributed by atoms with E-state index in [1.807, 2.05) is 32.0 Å². The Morgan fingerprint density at radius 3 is 2.73 bits per heavy atom. The SMILES string of the molecule is CCNC(=NCc1ccc(OC)c(OCC)c1)NCCc1csc(C)n1. The van der Waals surface area contributed by atoms with Crippen LogP contribution in [0.15, 0.2) is 28.6 Å². The molecule has 2 N–H and O–H groups in total. The van der Waals surface area contributed by atoms with Gasteiger partial charge in [-0.15, -0.1) is 11.3 Å². The lowest BCUT2D eigenvalue weighted by Gasteiger charge is -2.12. The Bertz CT molecular complexity index is 715. The summed E-state index contributed by atoms with van der Waals surface area (Å²) in [6.07, 6.45) is 0.881. The highest BCUT2D eigenvalue weighted by Crippen LogP contribution is 2.28. The molecule has 0 saturated heterocycles. The van der Waals surface area contributed by atoms with Crippen LogP contribution in [0.2, 0.25) is 0 Å². The lowest BCUT2D eigenvalue weighted by atomic mass is 10.2. The fraction of sp³-hybridized carbons (Fsp3) is 0.474. The van der Waals surface area contributed by atoms with Crippen LogP contribution < -0.4 is 20.1 Å². The first-order chi connectivity index (χ1) is 12.7. The van der Waals surface area contributed by atoms with E-state index in [2.05, 4.69) is 32.9 Å². The van der Waals surface area contributed by atoms with Crippen molar-refractivity contribution in [3.8, 4) is 11.5 Å². The maximum absolute atomic E-state index is 5.63. The number of rotatable bonds is 9. The van der Waals surface area contributed by atoms with Gasteiger partial charge >= 0.3 is 0 Å². The number of aryl methyl sites for hydroxylation is 1. The molecule has 0 atom stereocenters. The van der Waals surface area contributed by atoms with E-state index < -0.39 is 0 Å². The summed E-state index contributed by atoms with van der Waals surface area (Å²) in [6.45, 7) is 8.82. The van der Waals surface area contributed by atoms with Gasteiger partial charge in [-0.25, -0.2) is 9.98 Å². The van der Waals surface area contributed by atoms with E-state index in [1.165, 1.54) is 0 Å². The first-order valence-electron chi connectivity index (χ1n) is 8.89. The van der Waals surface area contributed by atoms with Crippen LogP contribution in [0.1, 0.15) is 30.1 Å². The van der Waals surface area contributed by atoms with Crippen molar-refractivity contribution in [1.29, 1.82) is 0 Å². The summed E-state index contributed by atoms with van der Waals surface area (Å²) >= 11 is 1.68. The molecule has 1 aromatic heterocycles. The molecule has 2 rings (SSSR count). The molecule has 1 aromatic carbocycles. The second kappa shape index (κ2) is 10.7. The van der Waals surface area contributed by atoms with Crippen molar-refractivity contribution in [3.05, 3.63) is 39.8 Å². The fourth-order valence-corrected chi connectivity index (χ4v) is 3.08. The van der Waals surface area contributed by atoms with E-state index in [-0.39, 0.29) is 0 Å². The number of nitrogens with one attached hydrogen (secondary N) is 2. The zero-order chi connectivity index (χ0) is 18.8. The second-order valence-corrected chi connectivity index (χ2v) is 6.71. The molecule has 6 nitrogen and oxygen atoms in total. The highest BCUT2D eigenvalue weighted by atomic mass is 32.1. The van der Waals surface area contributed by atoms with Gasteiger partial charge in [-0.1, -0.05) is 6.07 Å². The van der Waals surface area contributed by atoms with E-state index in [4.69, 9.17) is 9.47 Å². The zero-order valence-electron chi connectivity index (χ0n) is 16.0. The molecular formula is C19H28N4O2S. The Morgan fingerprint density at radius 1 is 1.23 bits per heavy atom. The smallest absolute Gasteiger partial charge is 0.191 e. The topological polar surface area (TPSA) is 67.8 Å². The molecule has 0 radical (unpaired) electrons. The van der Waals surface area contributed by atoms with Gasteiger partial charge in [-0.05, 0) is 38.5 Å². The summed E-state index contributed by atoms with van der Waals surface area (Å²) in [5.74, 6) is 2.29. The first-order valence-corrected chi connectivity index (χ1v) is 9.77. The van der Waals surface area contributed by atoms with E-state index in [0.29, 0.717) is 13.2 Å². The zero-order valence-corrected chi connectivity index (χ0v) is 16.8. The summed E-state index contributed by atoms with van der Waals surface area (Å²) in [6, 6.07) is 5.90. The monoisotopic (exact) mass is 376 g/mol. The lowest BCUT2D eigenvalue weighted by Crippen LogP contribution is -2.38. The Hall–Kier alpha value is -2.28. The number of aromatic nitrogens is 1. The van der Waals surface area contributed by atoms with Gasteiger partial charge < -0.3 is 20.1 Å². The van der Waals surface area contributed by atoms with Crippen LogP contribution in [-0.2, 0) is 13.0 Å². The molecular weight excluding hydrogens is 348 g/mol. The highest BCUT2D eigenvalue weighted by molar-refractivity contribution is 7.09. The Kier molecular flexibility index (Phi) is 8.21. The molecule has 26 heavy (non-hydrogen) atoms. The first kappa shape index (κ1) is 20.0. The van der Waals surface area contributed by atoms with Crippen LogP contribution in [0.5, 0.6) is 11.5 Å². The molecule has 0 saturated carbocycles. The Labute approximate surface area is 159 Å². The molecule has 2 aromatic rings. The number of hydrogen-bond donors (Lipinski definition) is 2. The van der Waals surface area contributed by atoms with Gasteiger partial charge in [-0.2, -0.15) is 0 Å². The Balaban J connectivity index is 1.95. The number of hydrogen-bond acceptors (Lipinski definition) is 5. The second-order valence-electron chi connectivity index (χ2n) is 5.65. The minimum atomic E-state index is 0.565. The van der Waals surface area contributed by atoms with Gasteiger partial charge in [0.2, 0.25) is 0 Å². The largest absolute Gasteiger partial charge is 0.493 e. The number of benzene rings is 1. The van der Waals surface area contributed by atoms with Crippen molar-refractivity contribution in [2.24, 2.45) is 4.99 Å². The highest BCUT2D eigenvalue weighted by Gasteiger charge is 2.06. The molecule has 0 aliphatic heterocycles. The van der Waals surface area contributed by atoms with Gasteiger partial charge in [0.05, 0.1) is 31.0 Å². The maximum atomic E-state index is 5.63. The van der Waals surface area contributed by atoms with Crippen molar-refractivity contribution in [2.75, 3.05) is 26.8 Å². The third-order valence-corrected chi connectivity index (χ3v) is 4.45. The summed E-state index contributed by atoms with van der Waals surface area (Å²) in [7, 11) is 1.65. The third-order valence-electron chi connectivity index (χ3n) is 3.63. The van der Waals surface area contributed by atoms with Crippen LogP contribution >= 0.6 is 11.3 Å². The number of guanidine groups is 1. The molecule has 0 aliphatic carbocycles. The van der Waals surface area contributed by atoms with Crippen LogP contribution in [-0.4, -0.2) is 37.7 Å². The van der Waals surface area contributed by atoms with Gasteiger partial charge in [0.1, 0.15) is 0 Å². The van der Waals surface area contributed by atoms with Gasteiger partial charge in [0.25, 0.3) is 0 Å². The molecule has 142 valence electrons. The van der Waals surface area contributed by atoms with Crippen LogP contribution in [0.3, 0.4) is 0 Å². The van der Waals surface area contributed by atoms with Crippen LogP contribution in [0.25, 0.3) is 0 Å². The number of nitrogens with zero attached hydrogens (tertiary/aromatic N) is 2. The third kappa shape index (κ3) is 6.22. The van der Waals surface area contributed by atoms with Crippen molar-refractivity contribution in [1.82, 2.24) is 15.6 Å². The summed E-state index contributed by atoms with van der Waals surface area (Å²) < 4.78 is 11.0. The predicted octanol–water partition coefficient (Wildman–Crippen LogP) is 3.16. The number of thiazole rings is 1. The van der Waals surface area contributed by atoms with E-state index >= 15 is 0 Å². The summed E-state index contributed by atoms with van der Waals surface area (Å²) in [5, 5.41) is 9.84. The van der Waals surface area contributed by atoms with Crippen molar-refractivity contribution >= 4 is 17.3 Å². The van der Waals surface area contributed by atoms with Gasteiger partial charge in [0, 0.05) is 24.9 Å². The Morgan fingerprint density at radius 2 is 2.08 bits per heavy atom. The number of aliphatic imine (C=N–C) groups is 1. The van der Waals surface area contributed by atoms with Crippen molar-refractivity contribution < 1.29 is 9.47 Å². The predicted molar refractivity (Wildman–Crippen MR) is 108 cm³/mol. The van der Waals surface area contributed by atoms with Crippen LogP contribution in [0.4, 0.5) is 0 Å². The summed E-state index contributed by atoms with van der Waals surface area (Å²) in [5.41, 5.74) is 2.19. The molecule has 0 fully saturated rings. The summed E-state index contributed by atoms with van der Waals surface area (Å²) in [4.78, 5) is 9.14. The van der Waals surface area contributed by atoms with E-state index in [0.717, 1.165) is 53.2 Å². The standard InChI is InChI=1S/C19H28N4O2S/c1-5-20-19(21-10-9-16-13-26-14(3)23-16)22-12-15-7-8-17(24-4)18(11-15)25-6-2/h7-8,11,13H,5-6,9-10,12H2,1-4H3,(H2,20,21,22). The van der Waals surface area contributed by atoms with E-state index in [1.54, 1.807) is 18.4 Å².